The molecule has 1 unspecified atom stereocenters. The summed E-state index contributed by atoms with van der Waals surface area (Å²) in [5, 5.41) is 9.36. The molecule has 102 valence electrons. The Hall–Kier alpha value is -2.27. The van der Waals surface area contributed by atoms with E-state index >= 15 is 0 Å². The van der Waals surface area contributed by atoms with E-state index in [9.17, 15) is 0 Å². The third kappa shape index (κ3) is 2.53. The molecule has 0 saturated carbocycles. The molecular formula is C15H17N5. The number of benzene rings is 1. The van der Waals surface area contributed by atoms with Gasteiger partial charge in [0, 0.05) is 5.39 Å². The van der Waals surface area contributed by atoms with E-state index in [1.807, 2.05) is 37.4 Å². The molecule has 0 fully saturated rings. The maximum atomic E-state index is 5.94. The van der Waals surface area contributed by atoms with Crippen LogP contribution in [0.5, 0.6) is 0 Å². The van der Waals surface area contributed by atoms with Crippen LogP contribution in [0.25, 0.3) is 10.9 Å². The van der Waals surface area contributed by atoms with E-state index in [4.69, 9.17) is 5.73 Å². The lowest BCUT2D eigenvalue weighted by Gasteiger charge is -2.03. The highest BCUT2D eigenvalue weighted by Crippen LogP contribution is 2.13. The van der Waals surface area contributed by atoms with Gasteiger partial charge in [-0.1, -0.05) is 36.4 Å². The SMILES string of the molecule is CCC(N)c1cn(Cc2ccc3ccccc3n2)nn1. The fourth-order valence-corrected chi connectivity index (χ4v) is 2.13. The predicted octanol–water partition coefficient (Wildman–Crippen LogP) is 2.28. The fraction of sp³-hybridized carbons (Fsp3) is 0.267. The third-order valence-electron chi connectivity index (χ3n) is 3.36. The minimum absolute atomic E-state index is 0.0479. The maximum Gasteiger partial charge on any atom is 0.0994 e. The number of para-hydroxylation sites is 1. The Morgan fingerprint density at radius 1 is 1.20 bits per heavy atom. The average molecular weight is 267 g/mol. The van der Waals surface area contributed by atoms with Gasteiger partial charge in [-0.2, -0.15) is 0 Å². The Morgan fingerprint density at radius 2 is 2.05 bits per heavy atom. The van der Waals surface area contributed by atoms with Crippen molar-refractivity contribution in [1.29, 1.82) is 0 Å². The van der Waals surface area contributed by atoms with Crippen molar-refractivity contribution in [3.63, 3.8) is 0 Å². The molecule has 20 heavy (non-hydrogen) atoms. The molecule has 3 rings (SSSR count). The molecule has 0 radical (unpaired) electrons. The van der Waals surface area contributed by atoms with Crippen LogP contribution in [-0.2, 0) is 6.54 Å². The van der Waals surface area contributed by atoms with Crippen molar-refractivity contribution in [2.24, 2.45) is 5.73 Å². The van der Waals surface area contributed by atoms with E-state index in [-0.39, 0.29) is 6.04 Å². The molecule has 1 aromatic carbocycles. The number of hydrogen-bond acceptors (Lipinski definition) is 4. The third-order valence-corrected chi connectivity index (χ3v) is 3.36. The Balaban J connectivity index is 1.83. The number of hydrogen-bond donors (Lipinski definition) is 1. The van der Waals surface area contributed by atoms with Crippen LogP contribution in [0.2, 0.25) is 0 Å². The molecule has 0 aliphatic carbocycles. The van der Waals surface area contributed by atoms with E-state index in [2.05, 4.69) is 27.4 Å². The van der Waals surface area contributed by atoms with E-state index in [1.165, 1.54) is 0 Å². The quantitative estimate of drug-likeness (QED) is 0.787. The van der Waals surface area contributed by atoms with Gasteiger partial charge in [0.2, 0.25) is 0 Å². The Morgan fingerprint density at radius 3 is 2.90 bits per heavy atom. The lowest BCUT2D eigenvalue weighted by Crippen LogP contribution is -2.08. The predicted molar refractivity (Wildman–Crippen MR) is 78.1 cm³/mol. The molecule has 5 nitrogen and oxygen atoms in total. The zero-order chi connectivity index (χ0) is 13.9. The van der Waals surface area contributed by atoms with Crippen LogP contribution in [0, 0.1) is 0 Å². The molecule has 1 atom stereocenters. The normalized spacial score (nSPS) is 12.7. The second kappa shape index (κ2) is 5.38. The molecule has 2 N–H and O–H groups in total. The zero-order valence-corrected chi connectivity index (χ0v) is 11.4. The van der Waals surface area contributed by atoms with Crippen molar-refractivity contribution in [3.05, 3.63) is 54.0 Å². The molecule has 0 saturated heterocycles. The lowest BCUT2D eigenvalue weighted by atomic mass is 10.2. The van der Waals surface area contributed by atoms with E-state index < -0.39 is 0 Å². The summed E-state index contributed by atoms with van der Waals surface area (Å²) in [5.74, 6) is 0. The van der Waals surface area contributed by atoms with Crippen LogP contribution < -0.4 is 5.73 Å². The molecular weight excluding hydrogens is 250 g/mol. The van der Waals surface area contributed by atoms with Gasteiger partial charge in [0.1, 0.15) is 0 Å². The number of fused-ring (bicyclic) bond motifs is 1. The summed E-state index contributed by atoms with van der Waals surface area (Å²) in [5.41, 5.74) is 8.73. The first-order chi connectivity index (χ1) is 9.76. The van der Waals surface area contributed by atoms with Crippen molar-refractivity contribution >= 4 is 10.9 Å². The highest BCUT2D eigenvalue weighted by atomic mass is 15.4. The van der Waals surface area contributed by atoms with Crippen LogP contribution in [0.4, 0.5) is 0 Å². The Kier molecular flexibility index (Phi) is 3.43. The summed E-state index contributed by atoms with van der Waals surface area (Å²) in [6, 6.07) is 12.1. The smallest absolute Gasteiger partial charge is 0.0994 e. The van der Waals surface area contributed by atoms with Crippen LogP contribution in [0.3, 0.4) is 0 Å². The largest absolute Gasteiger partial charge is 0.323 e. The van der Waals surface area contributed by atoms with Gasteiger partial charge in [0.15, 0.2) is 0 Å². The summed E-state index contributed by atoms with van der Waals surface area (Å²) >= 11 is 0. The standard InChI is InChI=1S/C15H17N5/c1-2-13(16)15-10-20(19-18-15)9-12-8-7-11-5-3-4-6-14(11)17-12/h3-8,10,13H,2,9,16H2,1H3. The Labute approximate surface area is 117 Å². The number of rotatable bonds is 4. The van der Waals surface area contributed by atoms with Crippen LogP contribution in [-0.4, -0.2) is 20.0 Å². The van der Waals surface area contributed by atoms with Gasteiger partial charge in [-0.3, -0.25) is 4.98 Å². The second-order valence-electron chi connectivity index (χ2n) is 4.85. The highest BCUT2D eigenvalue weighted by molar-refractivity contribution is 5.78. The minimum Gasteiger partial charge on any atom is -0.323 e. The van der Waals surface area contributed by atoms with Crippen LogP contribution in [0.15, 0.2) is 42.6 Å². The van der Waals surface area contributed by atoms with Crippen molar-refractivity contribution in [1.82, 2.24) is 20.0 Å². The number of nitrogens with two attached hydrogens (primary N) is 1. The number of pyridine rings is 1. The first-order valence-electron chi connectivity index (χ1n) is 6.76. The van der Waals surface area contributed by atoms with Gasteiger partial charge >= 0.3 is 0 Å². The van der Waals surface area contributed by atoms with Gasteiger partial charge in [0.05, 0.1) is 35.7 Å². The second-order valence-corrected chi connectivity index (χ2v) is 4.85. The summed E-state index contributed by atoms with van der Waals surface area (Å²) in [6.45, 7) is 2.64. The van der Waals surface area contributed by atoms with Gasteiger partial charge in [-0.15, -0.1) is 5.10 Å². The molecule has 3 aromatic rings. The lowest BCUT2D eigenvalue weighted by molar-refractivity contribution is 0.636. The monoisotopic (exact) mass is 267 g/mol. The highest BCUT2D eigenvalue weighted by Gasteiger charge is 2.08. The fourth-order valence-electron chi connectivity index (χ4n) is 2.13. The van der Waals surface area contributed by atoms with Crippen LogP contribution >= 0.6 is 0 Å². The van der Waals surface area contributed by atoms with Crippen molar-refractivity contribution in [2.75, 3.05) is 0 Å². The molecule has 5 heteroatoms. The maximum absolute atomic E-state index is 5.94. The van der Waals surface area contributed by atoms with Crippen molar-refractivity contribution in [3.8, 4) is 0 Å². The van der Waals surface area contributed by atoms with Crippen molar-refractivity contribution in [2.45, 2.75) is 25.9 Å². The topological polar surface area (TPSA) is 69.6 Å². The average Bonchev–Trinajstić information content (AvgIpc) is 2.95. The summed E-state index contributed by atoms with van der Waals surface area (Å²) in [7, 11) is 0. The van der Waals surface area contributed by atoms with E-state index in [1.54, 1.807) is 4.68 Å². The first kappa shape index (κ1) is 12.7. The van der Waals surface area contributed by atoms with Crippen LogP contribution in [0.1, 0.15) is 30.8 Å². The molecule has 0 spiro atoms. The number of aromatic nitrogens is 4. The van der Waals surface area contributed by atoms with E-state index in [0.29, 0.717) is 6.54 Å². The first-order valence-corrected chi connectivity index (χ1v) is 6.76. The number of nitrogens with zero attached hydrogens (tertiary/aromatic N) is 4. The van der Waals surface area contributed by atoms with Gasteiger partial charge < -0.3 is 5.73 Å². The molecule has 0 aliphatic rings. The molecule has 2 aromatic heterocycles. The molecule has 2 heterocycles. The summed E-state index contributed by atoms with van der Waals surface area (Å²) in [4.78, 5) is 4.62. The van der Waals surface area contributed by atoms with Gasteiger partial charge in [0.25, 0.3) is 0 Å². The summed E-state index contributed by atoms with van der Waals surface area (Å²) < 4.78 is 1.78. The van der Waals surface area contributed by atoms with Gasteiger partial charge in [-0.05, 0) is 18.6 Å². The van der Waals surface area contributed by atoms with Gasteiger partial charge in [-0.25, -0.2) is 4.68 Å². The molecule has 0 aliphatic heterocycles. The Bertz CT molecular complexity index is 719. The summed E-state index contributed by atoms with van der Waals surface area (Å²) in [6.07, 6.45) is 2.75. The molecule has 0 bridgehead atoms. The zero-order valence-electron chi connectivity index (χ0n) is 11.4. The van der Waals surface area contributed by atoms with Crippen molar-refractivity contribution < 1.29 is 0 Å². The van der Waals surface area contributed by atoms with E-state index in [0.717, 1.165) is 28.7 Å². The minimum atomic E-state index is -0.0479. The molecule has 0 amide bonds.